The lowest BCUT2D eigenvalue weighted by Gasteiger charge is -2.36. The number of likely N-dealkylation sites (tertiary alicyclic amines) is 1. The summed E-state index contributed by atoms with van der Waals surface area (Å²) in [5.74, 6) is -2.59. The lowest BCUT2D eigenvalue weighted by atomic mass is 9.83. The number of ketones is 1. The largest absolute Gasteiger partial charge is 0.358 e. The number of non-ortho nitro benzene ring substituents is 1. The van der Waals surface area contributed by atoms with Gasteiger partial charge in [-0.2, -0.15) is 0 Å². The molecule has 6 rings (SSSR count). The third-order valence-corrected chi connectivity index (χ3v) is 7.80. The normalized spacial score (nSPS) is 24.5. The van der Waals surface area contributed by atoms with E-state index >= 15 is 0 Å². The third kappa shape index (κ3) is 3.40. The summed E-state index contributed by atoms with van der Waals surface area (Å²) >= 11 is 0. The van der Waals surface area contributed by atoms with E-state index in [1.54, 1.807) is 6.20 Å². The Labute approximate surface area is 213 Å². The predicted molar refractivity (Wildman–Crippen MR) is 135 cm³/mol. The van der Waals surface area contributed by atoms with Crippen molar-refractivity contribution in [2.45, 2.75) is 25.0 Å². The molecule has 0 N–H and O–H groups in total. The van der Waals surface area contributed by atoms with Gasteiger partial charge in [-0.1, -0.05) is 54.6 Å². The second-order valence-corrected chi connectivity index (χ2v) is 9.63. The standard InChI is InChI=1S/C29H23N3O5/c1-17(18-7-3-2-4-8-18)31-28(34)23-24(29(31)35)26(27(33)20-11-13-21(14-12-20)32(36)37)30-16-15-19-9-5-6-10-22(19)25(23)30/h2-17,23-26H,1H3/t17-,23+,24-,25-,26+/m1/s1. The molecule has 0 bridgehead atoms. The highest BCUT2D eigenvalue weighted by molar-refractivity contribution is 6.12. The molecule has 3 heterocycles. The molecule has 0 aromatic heterocycles. The Balaban J connectivity index is 1.45. The first kappa shape index (κ1) is 22.8. The summed E-state index contributed by atoms with van der Waals surface area (Å²) in [6.45, 7) is 1.83. The van der Waals surface area contributed by atoms with E-state index < -0.39 is 34.9 Å². The highest BCUT2D eigenvalue weighted by Crippen LogP contribution is 2.54. The first-order valence-electron chi connectivity index (χ1n) is 12.1. The van der Waals surface area contributed by atoms with E-state index in [1.165, 1.54) is 29.2 Å². The van der Waals surface area contributed by atoms with E-state index in [9.17, 15) is 24.5 Å². The van der Waals surface area contributed by atoms with Crippen LogP contribution in [0, 0.1) is 22.0 Å². The molecular formula is C29H23N3O5. The summed E-state index contributed by atoms with van der Waals surface area (Å²) in [7, 11) is 0. The molecule has 3 aromatic carbocycles. The van der Waals surface area contributed by atoms with E-state index in [0.717, 1.165) is 16.7 Å². The van der Waals surface area contributed by atoms with Gasteiger partial charge in [-0.25, -0.2) is 0 Å². The molecule has 2 fully saturated rings. The zero-order valence-corrected chi connectivity index (χ0v) is 19.9. The number of hydrogen-bond acceptors (Lipinski definition) is 6. The van der Waals surface area contributed by atoms with Crippen LogP contribution in [0.5, 0.6) is 0 Å². The highest BCUT2D eigenvalue weighted by Gasteiger charge is 2.64. The van der Waals surface area contributed by atoms with E-state index in [1.807, 2.05) is 72.5 Å². The Bertz CT molecular complexity index is 1470. The summed E-state index contributed by atoms with van der Waals surface area (Å²) in [4.78, 5) is 55.6. The van der Waals surface area contributed by atoms with Crippen molar-refractivity contribution in [1.82, 2.24) is 9.80 Å². The molecule has 2 saturated heterocycles. The van der Waals surface area contributed by atoms with Crippen LogP contribution in [0.25, 0.3) is 6.08 Å². The first-order chi connectivity index (χ1) is 17.9. The van der Waals surface area contributed by atoms with Crippen molar-refractivity contribution < 1.29 is 19.3 Å². The maximum absolute atomic E-state index is 14.0. The van der Waals surface area contributed by atoms with Crippen LogP contribution in [-0.4, -0.2) is 38.4 Å². The minimum absolute atomic E-state index is 0.125. The summed E-state index contributed by atoms with van der Waals surface area (Å²) in [6, 6.07) is 20.6. The minimum atomic E-state index is -0.912. The summed E-state index contributed by atoms with van der Waals surface area (Å²) in [6.07, 6.45) is 3.69. The molecule has 0 aliphatic carbocycles. The predicted octanol–water partition coefficient (Wildman–Crippen LogP) is 4.55. The lowest BCUT2D eigenvalue weighted by molar-refractivity contribution is -0.384. The van der Waals surface area contributed by atoms with Gasteiger partial charge < -0.3 is 4.90 Å². The fourth-order valence-electron chi connectivity index (χ4n) is 6.06. The number of carbonyl (C=O) groups is 3. The van der Waals surface area contributed by atoms with Crippen LogP contribution in [0.15, 0.2) is 85.1 Å². The molecule has 0 radical (unpaired) electrons. The van der Waals surface area contributed by atoms with Gasteiger partial charge in [0.25, 0.3) is 5.69 Å². The van der Waals surface area contributed by atoms with Crippen molar-refractivity contribution in [3.63, 3.8) is 0 Å². The van der Waals surface area contributed by atoms with Crippen LogP contribution in [0.1, 0.15) is 46.1 Å². The van der Waals surface area contributed by atoms with Gasteiger partial charge >= 0.3 is 0 Å². The molecule has 184 valence electrons. The average molecular weight is 494 g/mol. The fourth-order valence-corrected chi connectivity index (χ4v) is 6.06. The molecule has 5 atom stereocenters. The molecule has 0 saturated carbocycles. The van der Waals surface area contributed by atoms with E-state index in [0.29, 0.717) is 0 Å². The third-order valence-electron chi connectivity index (χ3n) is 7.80. The zero-order valence-electron chi connectivity index (χ0n) is 19.9. The number of Topliss-reactive ketones (excluding diaryl/α,β-unsaturated/α-hetero) is 1. The number of carbonyl (C=O) groups excluding carboxylic acids is 3. The second kappa shape index (κ2) is 8.51. The van der Waals surface area contributed by atoms with E-state index in [4.69, 9.17) is 0 Å². The monoisotopic (exact) mass is 493 g/mol. The number of nitro benzene ring substituents is 1. The van der Waals surface area contributed by atoms with E-state index in [-0.39, 0.29) is 28.8 Å². The Hall–Kier alpha value is -4.59. The molecular weight excluding hydrogens is 470 g/mol. The molecule has 0 spiro atoms. The Morgan fingerprint density at radius 3 is 2.24 bits per heavy atom. The summed E-state index contributed by atoms with van der Waals surface area (Å²) in [5, 5.41) is 11.1. The summed E-state index contributed by atoms with van der Waals surface area (Å²) in [5.41, 5.74) is 2.82. The van der Waals surface area contributed by atoms with Crippen molar-refractivity contribution >= 4 is 29.4 Å². The maximum atomic E-state index is 14.0. The van der Waals surface area contributed by atoms with Crippen molar-refractivity contribution in [1.29, 1.82) is 0 Å². The number of nitro groups is 1. The van der Waals surface area contributed by atoms with Crippen LogP contribution in [-0.2, 0) is 9.59 Å². The van der Waals surface area contributed by atoms with Gasteiger partial charge in [-0.3, -0.25) is 29.4 Å². The van der Waals surface area contributed by atoms with Crippen LogP contribution in [0.2, 0.25) is 0 Å². The van der Waals surface area contributed by atoms with Gasteiger partial charge in [0.15, 0.2) is 5.78 Å². The van der Waals surface area contributed by atoms with Gasteiger partial charge in [-0.05, 0) is 41.8 Å². The first-order valence-corrected chi connectivity index (χ1v) is 12.1. The van der Waals surface area contributed by atoms with Gasteiger partial charge in [0.05, 0.1) is 28.8 Å². The SMILES string of the molecule is C[C@H](c1ccccc1)N1C(=O)[C@@H]2[C@H](C1=O)[C@H]1c3ccccc3C=CN1[C@@H]2C(=O)c1ccc([N+](=O)[O-])cc1. The van der Waals surface area contributed by atoms with E-state index in [2.05, 4.69) is 0 Å². The lowest BCUT2D eigenvalue weighted by Crippen LogP contribution is -2.44. The molecule has 0 unspecified atom stereocenters. The van der Waals surface area contributed by atoms with Gasteiger partial charge in [0, 0.05) is 23.9 Å². The number of hydrogen-bond donors (Lipinski definition) is 0. The Morgan fingerprint density at radius 2 is 1.54 bits per heavy atom. The molecule has 2 amide bonds. The smallest absolute Gasteiger partial charge is 0.269 e. The fraction of sp³-hybridized carbons (Fsp3) is 0.207. The number of benzene rings is 3. The number of imide groups is 1. The molecule has 8 heteroatoms. The average Bonchev–Trinajstić information content (AvgIpc) is 3.40. The van der Waals surface area contributed by atoms with Crippen LogP contribution < -0.4 is 0 Å². The van der Waals surface area contributed by atoms with Gasteiger partial charge in [0.1, 0.15) is 6.04 Å². The summed E-state index contributed by atoms with van der Waals surface area (Å²) < 4.78 is 0. The zero-order chi connectivity index (χ0) is 25.8. The maximum Gasteiger partial charge on any atom is 0.269 e. The van der Waals surface area contributed by atoms with Crippen LogP contribution >= 0.6 is 0 Å². The molecule has 3 aromatic rings. The van der Waals surface area contributed by atoms with Crippen LogP contribution in [0.3, 0.4) is 0 Å². The molecule has 37 heavy (non-hydrogen) atoms. The van der Waals surface area contributed by atoms with Gasteiger partial charge in [0.2, 0.25) is 11.8 Å². The van der Waals surface area contributed by atoms with Gasteiger partial charge in [-0.15, -0.1) is 0 Å². The molecule has 3 aliphatic heterocycles. The number of fused-ring (bicyclic) bond motifs is 5. The van der Waals surface area contributed by atoms with Crippen molar-refractivity contribution in [2.24, 2.45) is 11.8 Å². The molecule has 3 aliphatic rings. The topological polar surface area (TPSA) is 101 Å². The number of nitrogens with zero attached hydrogens (tertiary/aromatic N) is 3. The molecule has 8 nitrogen and oxygen atoms in total. The quantitative estimate of drug-likeness (QED) is 0.224. The van der Waals surface area contributed by atoms with Crippen molar-refractivity contribution in [3.05, 3.63) is 117 Å². The highest BCUT2D eigenvalue weighted by atomic mass is 16.6. The minimum Gasteiger partial charge on any atom is -0.358 e. The Kier molecular flexibility index (Phi) is 5.26. The van der Waals surface area contributed by atoms with Crippen molar-refractivity contribution in [3.8, 4) is 0 Å². The number of rotatable bonds is 5. The second-order valence-electron chi connectivity index (χ2n) is 9.63. The van der Waals surface area contributed by atoms with Crippen LogP contribution in [0.4, 0.5) is 5.69 Å². The number of amides is 2. The van der Waals surface area contributed by atoms with Crippen molar-refractivity contribution in [2.75, 3.05) is 0 Å². The Morgan fingerprint density at radius 1 is 0.892 bits per heavy atom.